The minimum absolute atomic E-state index is 0.0598. The molecule has 1 N–H and O–H groups in total. The van der Waals surface area contributed by atoms with Gasteiger partial charge in [-0.2, -0.15) is 5.26 Å². The van der Waals surface area contributed by atoms with Crippen LogP contribution in [0.4, 0.5) is 17.1 Å². The zero-order valence-electron chi connectivity index (χ0n) is 36.4. The third-order valence-corrected chi connectivity index (χ3v) is 13.8. The maximum Gasteiger partial charge on any atom is 0.500 e. The first-order valence-corrected chi connectivity index (χ1v) is 24.6. The lowest BCUT2D eigenvalue weighted by Gasteiger charge is -2.28. The zero-order valence-corrected chi connectivity index (χ0v) is 38.2. The average molecular weight is 852 g/mol. The van der Waals surface area contributed by atoms with Crippen LogP contribution in [0.2, 0.25) is 6.04 Å². The summed E-state index contributed by atoms with van der Waals surface area (Å²) in [6, 6.07) is 31.7. The first-order valence-electron chi connectivity index (χ1n) is 21.8. The van der Waals surface area contributed by atoms with E-state index in [2.05, 4.69) is 84.7 Å². The maximum absolute atomic E-state index is 12.9. The summed E-state index contributed by atoms with van der Waals surface area (Å²) in [6.45, 7) is 13.5. The average Bonchev–Trinajstić information content (AvgIpc) is 3.72. The molecule has 0 saturated heterocycles. The Balaban J connectivity index is 1.42. The Morgan fingerprint density at radius 1 is 0.650 bits per heavy atom. The highest BCUT2D eigenvalue weighted by molar-refractivity contribution is 7.13. The monoisotopic (exact) mass is 851 g/mol. The standard InChI is InChI=1S/C49H65N3O6SSi/c1-6-11-13-15-35-54-45-27-23-43(24-28-45)52(44-25-29-46(30-26-44)55-36-16-14-12-7-2)42-21-18-40(19-22-42)20-31-47-32-33-48(59-47)38-41(39-50)49(53)51-34-17-37-60(56-8-3,57-9-4)58-10-5/h18-33,38H,6-17,34-37H2,1-5H3,(H,51,53)/b31-20+,41-38+. The number of rotatable bonds is 29. The number of hydrogen-bond acceptors (Lipinski definition) is 9. The highest BCUT2D eigenvalue weighted by atomic mass is 32.1. The van der Waals surface area contributed by atoms with Crippen molar-refractivity contribution in [1.29, 1.82) is 5.26 Å². The number of nitrogens with zero attached hydrogens (tertiary/aromatic N) is 2. The largest absolute Gasteiger partial charge is 0.500 e. The number of carbonyl (C=O) groups excluding carboxylic acids is 1. The molecule has 322 valence electrons. The van der Waals surface area contributed by atoms with Gasteiger partial charge >= 0.3 is 8.80 Å². The van der Waals surface area contributed by atoms with Gasteiger partial charge in [0, 0.05) is 59.2 Å². The maximum atomic E-state index is 12.9. The van der Waals surface area contributed by atoms with Gasteiger partial charge in [0.05, 0.1) is 13.2 Å². The first-order chi connectivity index (χ1) is 29.4. The van der Waals surface area contributed by atoms with E-state index in [0.717, 1.165) is 69.9 Å². The third kappa shape index (κ3) is 16.1. The molecule has 0 bridgehead atoms. The molecule has 0 unspecified atom stereocenters. The summed E-state index contributed by atoms with van der Waals surface area (Å²) >= 11 is 1.52. The number of unbranched alkanes of at least 4 members (excludes halogenated alkanes) is 6. The number of nitriles is 1. The molecular formula is C49H65N3O6SSi. The predicted molar refractivity (Wildman–Crippen MR) is 250 cm³/mol. The van der Waals surface area contributed by atoms with Crippen molar-refractivity contribution in [2.45, 2.75) is 98.5 Å². The van der Waals surface area contributed by atoms with Crippen LogP contribution in [0.25, 0.3) is 18.2 Å². The Kier molecular flexibility index (Phi) is 21.7. The van der Waals surface area contributed by atoms with Crippen LogP contribution in [0, 0.1) is 11.3 Å². The van der Waals surface area contributed by atoms with E-state index in [4.69, 9.17) is 22.8 Å². The summed E-state index contributed by atoms with van der Waals surface area (Å²) in [5.41, 5.74) is 4.19. The second kappa shape index (κ2) is 27.2. The van der Waals surface area contributed by atoms with Crippen LogP contribution in [0.5, 0.6) is 11.5 Å². The quantitative estimate of drug-likeness (QED) is 0.0249. The normalized spacial score (nSPS) is 11.8. The molecule has 3 aromatic carbocycles. The number of carbonyl (C=O) groups is 1. The van der Waals surface area contributed by atoms with Gasteiger partial charge in [0.2, 0.25) is 0 Å². The van der Waals surface area contributed by atoms with Crippen LogP contribution in [0.1, 0.15) is 108 Å². The van der Waals surface area contributed by atoms with Gasteiger partial charge in [-0.25, -0.2) is 0 Å². The Morgan fingerprint density at radius 2 is 1.15 bits per heavy atom. The lowest BCUT2D eigenvalue weighted by Crippen LogP contribution is -2.46. The summed E-state index contributed by atoms with van der Waals surface area (Å²) < 4.78 is 29.8. The Morgan fingerprint density at radius 3 is 1.63 bits per heavy atom. The molecule has 11 heteroatoms. The second-order valence-corrected chi connectivity index (χ2v) is 18.2. The number of benzene rings is 3. The fraction of sp³-hybridized carbons (Fsp3) is 0.429. The molecule has 0 aliphatic heterocycles. The van der Waals surface area contributed by atoms with E-state index in [1.807, 2.05) is 63.2 Å². The third-order valence-electron chi connectivity index (χ3n) is 9.65. The van der Waals surface area contributed by atoms with Crippen LogP contribution >= 0.6 is 11.3 Å². The molecule has 1 amide bonds. The van der Waals surface area contributed by atoms with Crippen molar-refractivity contribution in [3.8, 4) is 17.6 Å². The fourth-order valence-electron chi connectivity index (χ4n) is 6.61. The van der Waals surface area contributed by atoms with Crippen molar-refractivity contribution < 1.29 is 27.5 Å². The van der Waals surface area contributed by atoms with E-state index in [-0.39, 0.29) is 5.57 Å². The highest BCUT2D eigenvalue weighted by Crippen LogP contribution is 2.36. The highest BCUT2D eigenvalue weighted by Gasteiger charge is 2.39. The van der Waals surface area contributed by atoms with E-state index >= 15 is 0 Å². The molecule has 0 saturated carbocycles. The van der Waals surface area contributed by atoms with Crippen LogP contribution < -0.4 is 19.7 Å². The lowest BCUT2D eigenvalue weighted by atomic mass is 10.1. The zero-order chi connectivity index (χ0) is 42.8. The number of ether oxygens (including phenoxy) is 2. The number of hydrogen-bond donors (Lipinski definition) is 1. The molecule has 60 heavy (non-hydrogen) atoms. The summed E-state index contributed by atoms with van der Waals surface area (Å²) in [6.07, 6.45) is 15.8. The Labute approximate surface area is 364 Å². The second-order valence-electron chi connectivity index (χ2n) is 14.3. The van der Waals surface area contributed by atoms with Crippen molar-refractivity contribution in [1.82, 2.24) is 5.32 Å². The molecule has 9 nitrogen and oxygen atoms in total. The molecule has 4 aromatic rings. The van der Waals surface area contributed by atoms with Gasteiger partial charge in [0.25, 0.3) is 5.91 Å². The van der Waals surface area contributed by atoms with Gasteiger partial charge in [-0.05, 0) is 131 Å². The van der Waals surface area contributed by atoms with Crippen molar-refractivity contribution in [2.75, 3.05) is 44.5 Å². The molecule has 4 rings (SSSR count). The molecular weight excluding hydrogens is 787 g/mol. The summed E-state index contributed by atoms with van der Waals surface area (Å²) in [5, 5.41) is 12.7. The van der Waals surface area contributed by atoms with Gasteiger partial charge in [-0.3, -0.25) is 4.79 Å². The molecule has 0 spiro atoms. The molecule has 0 radical (unpaired) electrons. The van der Waals surface area contributed by atoms with E-state index < -0.39 is 14.7 Å². The van der Waals surface area contributed by atoms with Crippen LogP contribution in [0.3, 0.4) is 0 Å². The summed E-state index contributed by atoms with van der Waals surface area (Å²) in [4.78, 5) is 17.0. The number of thiophene rings is 1. The van der Waals surface area contributed by atoms with Gasteiger partial charge in [0.1, 0.15) is 23.1 Å². The number of anilines is 3. The van der Waals surface area contributed by atoms with Gasteiger partial charge in [0.15, 0.2) is 0 Å². The molecule has 0 aliphatic carbocycles. The predicted octanol–water partition coefficient (Wildman–Crippen LogP) is 12.8. The first kappa shape index (κ1) is 48.0. The number of amides is 1. The molecule has 0 atom stereocenters. The van der Waals surface area contributed by atoms with E-state index in [0.29, 0.717) is 38.8 Å². The van der Waals surface area contributed by atoms with Crippen LogP contribution in [-0.2, 0) is 18.1 Å². The minimum atomic E-state index is -2.79. The minimum Gasteiger partial charge on any atom is -0.494 e. The molecule has 0 aliphatic rings. The Hall–Kier alpha value is -4.70. The van der Waals surface area contributed by atoms with Crippen LogP contribution in [0.15, 0.2) is 90.5 Å². The van der Waals surface area contributed by atoms with Gasteiger partial charge in [-0.15, -0.1) is 11.3 Å². The van der Waals surface area contributed by atoms with Crippen molar-refractivity contribution in [2.24, 2.45) is 0 Å². The van der Waals surface area contributed by atoms with Crippen molar-refractivity contribution in [3.05, 3.63) is 106 Å². The SMILES string of the molecule is CCCCCCOc1ccc(N(c2ccc(/C=C/c3ccc(/C=C(\C#N)C(=O)NCCC[Si](OCC)(OCC)OCC)s3)cc2)c2ccc(OCCCCCC)cc2)cc1. The van der Waals surface area contributed by atoms with Crippen molar-refractivity contribution in [3.63, 3.8) is 0 Å². The van der Waals surface area contributed by atoms with Crippen LogP contribution in [-0.4, -0.2) is 54.3 Å². The molecule has 0 fully saturated rings. The Bertz CT molecular complexity index is 1850. The fourth-order valence-corrected chi connectivity index (χ4v) is 10.1. The topological polar surface area (TPSA) is 102 Å². The van der Waals surface area contributed by atoms with E-state index in [9.17, 15) is 10.1 Å². The summed E-state index contributed by atoms with van der Waals surface area (Å²) in [7, 11) is -2.79. The lowest BCUT2D eigenvalue weighted by molar-refractivity contribution is -0.117. The van der Waals surface area contributed by atoms with E-state index in [1.165, 1.54) is 49.9 Å². The smallest absolute Gasteiger partial charge is 0.494 e. The summed E-state index contributed by atoms with van der Waals surface area (Å²) in [5.74, 6) is 1.34. The van der Waals surface area contributed by atoms with E-state index in [1.54, 1.807) is 6.08 Å². The molecule has 1 aromatic heterocycles. The molecule has 1 heterocycles. The van der Waals surface area contributed by atoms with Gasteiger partial charge in [-0.1, -0.05) is 70.6 Å². The van der Waals surface area contributed by atoms with Gasteiger partial charge < -0.3 is 33.0 Å². The van der Waals surface area contributed by atoms with Crippen molar-refractivity contribution >= 4 is 61.3 Å². The number of nitrogens with one attached hydrogen (secondary N) is 1.